The molecule has 0 fully saturated rings. The largest absolute Gasteiger partial charge is 0.497 e. The molecule has 0 radical (unpaired) electrons. The van der Waals surface area contributed by atoms with Crippen molar-refractivity contribution in [2.45, 2.75) is 70.1 Å². The van der Waals surface area contributed by atoms with Gasteiger partial charge in [-0.25, -0.2) is 13.2 Å². The second-order valence-electron chi connectivity index (χ2n) is 12.9. The Morgan fingerprint density at radius 2 is 1.70 bits per heavy atom. The second kappa shape index (κ2) is 17.7. The van der Waals surface area contributed by atoms with E-state index in [1.54, 1.807) is 85.7 Å². The van der Waals surface area contributed by atoms with E-state index in [1.165, 1.54) is 11.4 Å². The molecule has 0 saturated carbocycles. The SMILES string of the molecule is COc1ccc(NC(=O)Nc2ccc3c(c2)C(=O)N([C@@H](C)CO)C[C@H](C)[C@H](CN(C)S(=O)(=O)c2ccc(C)cc2)OCCCC[C@H](C)O3)cc1. The van der Waals surface area contributed by atoms with E-state index in [0.29, 0.717) is 35.9 Å². The molecule has 50 heavy (non-hydrogen) atoms. The van der Waals surface area contributed by atoms with Crippen LogP contribution in [0.3, 0.4) is 0 Å². The molecule has 1 heterocycles. The highest BCUT2D eigenvalue weighted by atomic mass is 32.2. The number of urea groups is 1. The molecule has 272 valence electrons. The van der Waals surface area contributed by atoms with Crippen LogP contribution in [0, 0.1) is 12.8 Å². The first-order valence-electron chi connectivity index (χ1n) is 16.9. The Balaban J connectivity index is 1.61. The van der Waals surface area contributed by atoms with Crippen LogP contribution in [0.25, 0.3) is 0 Å². The van der Waals surface area contributed by atoms with Crippen LogP contribution in [0.5, 0.6) is 11.5 Å². The van der Waals surface area contributed by atoms with Crippen LogP contribution in [0.2, 0.25) is 0 Å². The minimum Gasteiger partial charge on any atom is -0.497 e. The van der Waals surface area contributed by atoms with E-state index in [1.807, 2.05) is 20.8 Å². The number of benzene rings is 3. The average molecular weight is 711 g/mol. The van der Waals surface area contributed by atoms with Crippen LogP contribution in [0.1, 0.15) is 56.0 Å². The molecule has 3 aromatic rings. The summed E-state index contributed by atoms with van der Waals surface area (Å²) in [7, 11) is -0.706. The average Bonchev–Trinajstić information content (AvgIpc) is 3.09. The molecule has 3 amide bonds. The first kappa shape index (κ1) is 38.6. The highest BCUT2D eigenvalue weighted by Crippen LogP contribution is 2.29. The van der Waals surface area contributed by atoms with Crippen LogP contribution < -0.4 is 20.1 Å². The molecule has 0 unspecified atom stereocenters. The molecular formula is C37H50N4O8S. The number of ether oxygens (including phenoxy) is 3. The number of nitrogens with one attached hydrogen (secondary N) is 2. The van der Waals surface area contributed by atoms with Crippen LogP contribution >= 0.6 is 0 Å². The number of hydrogen-bond donors (Lipinski definition) is 3. The number of hydrogen-bond acceptors (Lipinski definition) is 8. The van der Waals surface area contributed by atoms with Gasteiger partial charge in [-0.1, -0.05) is 24.6 Å². The summed E-state index contributed by atoms with van der Waals surface area (Å²) in [6, 6.07) is 17.4. The smallest absolute Gasteiger partial charge is 0.323 e. The van der Waals surface area contributed by atoms with Crippen molar-refractivity contribution in [1.82, 2.24) is 9.21 Å². The number of amides is 3. The standard InChI is InChI=1S/C37H50N4O8S/c1-25-10-17-32(18-11-25)50(45,46)40(5)23-35-26(2)22-41(27(3)24-42)36(43)33-21-30(14-19-34(33)49-28(4)9-7-8-20-48-35)39-37(44)38-29-12-15-31(47-6)16-13-29/h10-19,21,26-28,35,42H,7-9,20,22-24H2,1-6H3,(H2,38,39,44)/t26-,27-,28-,35-/m0/s1. The third-order valence-corrected chi connectivity index (χ3v) is 10.7. The molecule has 13 heteroatoms. The number of rotatable bonds is 9. The van der Waals surface area contributed by atoms with Crippen molar-refractivity contribution < 1.29 is 37.3 Å². The molecule has 4 rings (SSSR count). The number of anilines is 2. The van der Waals surface area contributed by atoms with Gasteiger partial charge in [-0.3, -0.25) is 4.79 Å². The summed E-state index contributed by atoms with van der Waals surface area (Å²) in [5.74, 6) is 0.283. The van der Waals surface area contributed by atoms with E-state index in [2.05, 4.69) is 10.6 Å². The Morgan fingerprint density at radius 3 is 2.36 bits per heavy atom. The maximum Gasteiger partial charge on any atom is 0.323 e. The van der Waals surface area contributed by atoms with E-state index in [4.69, 9.17) is 14.2 Å². The van der Waals surface area contributed by atoms with Gasteiger partial charge >= 0.3 is 6.03 Å². The fourth-order valence-electron chi connectivity index (χ4n) is 5.67. The molecule has 0 aromatic heterocycles. The highest BCUT2D eigenvalue weighted by Gasteiger charge is 2.32. The minimum absolute atomic E-state index is 0.0698. The van der Waals surface area contributed by atoms with Gasteiger partial charge in [-0.15, -0.1) is 0 Å². The van der Waals surface area contributed by atoms with Crippen molar-refractivity contribution in [3.8, 4) is 11.5 Å². The number of methoxy groups -OCH3 is 1. The number of carbonyl (C=O) groups is 2. The van der Waals surface area contributed by atoms with Gasteiger partial charge in [0.25, 0.3) is 5.91 Å². The van der Waals surface area contributed by atoms with E-state index >= 15 is 0 Å². The first-order valence-corrected chi connectivity index (χ1v) is 18.4. The zero-order valence-electron chi connectivity index (χ0n) is 29.7. The zero-order valence-corrected chi connectivity index (χ0v) is 30.5. The number of nitrogens with zero attached hydrogens (tertiary/aromatic N) is 2. The Labute approximate surface area is 295 Å². The van der Waals surface area contributed by atoms with E-state index in [0.717, 1.165) is 18.4 Å². The minimum atomic E-state index is -3.80. The highest BCUT2D eigenvalue weighted by molar-refractivity contribution is 7.89. The molecule has 3 N–H and O–H groups in total. The zero-order chi connectivity index (χ0) is 36.4. The maximum absolute atomic E-state index is 14.4. The van der Waals surface area contributed by atoms with Crippen molar-refractivity contribution in [1.29, 1.82) is 0 Å². The van der Waals surface area contributed by atoms with E-state index in [9.17, 15) is 23.1 Å². The van der Waals surface area contributed by atoms with Crippen molar-refractivity contribution >= 4 is 33.3 Å². The van der Waals surface area contributed by atoms with Gasteiger partial charge in [0.1, 0.15) is 11.5 Å². The molecule has 0 spiro atoms. The van der Waals surface area contributed by atoms with Gasteiger partial charge in [-0.05, 0) is 94.6 Å². The lowest BCUT2D eigenvalue weighted by Crippen LogP contribution is -2.48. The predicted octanol–water partition coefficient (Wildman–Crippen LogP) is 5.76. The van der Waals surface area contributed by atoms with Crippen LogP contribution in [-0.2, 0) is 14.8 Å². The Kier molecular flexibility index (Phi) is 13.6. The topological polar surface area (TPSA) is 147 Å². The number of aryl methyl sites for hydroxylation is 1. The van der Waals surface area contributed by atoms with Crippen molar-refractivity contribution in [2.75, 3.05) is 51.1 Å². The number of carbonyl (C=O) groups excluding carboxylic acids is 2. The molecule has 4 atom stereocenters. The molecule has 1 aliphatic heterocycles. The summed E-state index contributed by atoms with van der Waals surface area (Å²) in [5, 5.41) is 15.8. The lowest BCUT2D eigenvalue weighted by Gasteiger charge is -2.35. The third-order valence-electron chi connectivity index (χ3n) is 8.82. The van der Waals surface area contributed by atoms with Crippen molar-refractivity contribution in [3.63, 3.8) is 0 Å². The Hall–Kier alpha value is -4.17. The van der Waals surface area contributed by atoms with Gasteiger partial charge in [-0.2, -0.15) is 4.31 Å². The number of fused-ring (bicyclic) bond motifs is 1. The Morgan fingerprint density at radius 1 is 1.04 bits per heavy atom. The van der Waals surface area contributed by atoms with Crippen molar-refractivity contribution in [2.24, 2.45) is 5.92 Å². The lowest BCUT2D eigenvalue weighted by atomic mass is 10.0. The monoisotopic (exact) mass is 710 g/mol. The summed E-state index contributed by atoms with van der Waals surface area (Å²) >= 11 is 0. The third kappa shape index (κ3) is 10.2. The van der Waals surface area contributed by atoms with E-state index in [-0.39, 0.29) is 42.2 Å². The normalized spacial score (nSPS) is 19.9. The maximum atomic E-state index is 14.4. The molecule has 3 aromatic carbocycles. The van der Waals surface area contributed by atoms with Crippen LogP contribution in [0.4, 0.5) is 16.2 Å². The lowest BCUT2D eigenvalue weighted by molar-refractivity contribution is -0.00833. The number of aliphatic hydroxyl groups is 1. The number of aliphatic hydroxyl groups excluding tert-OH is 1. The quantitative estimate of drug-likeness (QED) is 0.254. The molecule has 0 aliphatic carbocycles. The molecule has 1 aliphatic rings. The predicted molar refractivity (Wildman–Crippen MR) is 194 cm³/mol. The molecular weight excluding hydrogens is 660 g/mol. The molecule has 12 nitrogen and oxygen atoms in total. The van der Waals surface area contributed by atoms with Crippen LogP contribution in [-0.4, -0.2) is 93.4 Å². The Bertz CT molecular complexity index is 1680. The fourth-order valence-corrected chi connectivity index (χ4v) is 6.86. The van der Waals surface area contributed by atoms with Gasteiger partial charge in [0.2, 0.25) is 10.0 Å². The van der Waals surface area contributed by atoms with Gasteiger partial charge in [0.05, 0.1) is 42.4 Å². The molecule has 0 saturated heterocycles. The first-order chi connectivity index (χ1) is 23.8. The summed E-state index contributed by atoms with van der Waals surface area (Å²) in [5.41, 5.74) is 2.11. The van der Waals surface area contributed by atoms with Crippen LogP contribution in [0.15, 0.2) is 71.6 Å². The number of likely N-dealkylation sites (N-methyl/N-ethyl adjacent to an activating group) is 1. The summed E-state index contributed by atoms with van der Waals surface area (Å²) in [6.07, 6.45) is 1.44. The fraction of sp³-hybridized carbons (Fsp3) is 0.459. The van der Waals surface area contributed by atoms with E-state index < -0.39 is 34.1 Å². The van der Waals surface area contributed by atoms with Crippen molar-refractivity contribution in [3.05, 3.63) is 77.9 Å². The van der Waals surface area contributed by atoms with Gasteiger partial charge in [0.15, 0.2) is 0 Å². The van der Waals surface area contributed by atoms with Gasteiger partial charge < -0.3 is 34.9 Å². The number of sulfonamides is 1. The summed E-state index contributed by atoms with van der Waals surface area (Å²) < 4.78 is 46.1. The summed E-state index contributed by atoms with van der Waals surface area (Å²) in [6.45, 7) is 7.82. The summed E-state index contributed by atoms with van der Waals surface area (Å²) in [4.78, 5) is 29.0. The van der Waals surface area contributed by atoms with Gasteiger partial charge in [0, 0.05) is 44.0 Å². The second-order valence-corrected chi connectivity index (χ2v) is 15.0. The molecule has 0 bridgehead atoms.